The van der Waals surface area contributed by atoms with E-state index in [2.05, 4.69) is 53.2 Å². The fourth-order valence-corrected chi connectivity index (χ4v) is 3.49. The minimum atomic E-state index is 0.586. The van der Waals surface area contributed by atoms with E-state index in [4.69, 9.17) is 0 Å². The van der Waals surface area contributed by atoms with Crippen LogP contribution in [-0.2, 0) is 0 Å². The molecule has 1 aromatic carbocycles. The number of thiophene rings is 1. The Morgan fingerprint density at radius 1 is 1.17 bits per heavy atom. The summed E-state index contributed by atoms with van der Waals surface area (Å²) in [6.07, 6.45) is 3.67. The first-order valence-corrected chi connectivity index (χ1v) is 9.00. The number of hydrogen-bond donors (Lipinski definition) is 0. The van der Waals surface area contributed by atoms with Crippen LogP contribution in [0, 0.1) is 6.92 Å². The standard InChI is InChI=1S/C18H17N3S2/c1-3-10-19-18-21(20-12-16-5-4-11-22-16)17(13-23-18)15-8-6-14(2)7-9-15/h3-9,11-13H,1,10H2,2H3. The molecule has 23 heavy (non-hydrogen) atoms. The van der Waals surface area contributed by atoms with Crippen molar-refractivity contribution in [2.24, 2.45) is 10.1 Å². The molecule has 0 radical (unpaired) electrons. The molecule has 0 bridgehead atoms. The molecule has 0 aliphatic carbocycles. The minimum absolute atomic E-state index is 0.586. The van der Waals surface area contributed by atoms with Gasteiger partial charge in [0.2, 0.25) is 4.80 Å². The van der Waals surface area contributed by atoms with Gasteiger partial charge in [0.15, 0.2) is 0 Å². The summed E-state index contributed by atoms with van der Waals surface area (Å²) in [6, 6.07) is 12.5. The fourth-order valence-electron chi connectivity index (χ4n) is 2.06. The van der Waals surface area contributed by atoms with Crippen LogP contribution in [0.25, 0.3) is 11.3 Å². The minimum Gasteiger partial charge on any atom is -0.253 e. The topological polar surface area (TPSA) is 29.6 Å². The highest BCUT2D eigenvalue weighted by Crippen LogP contribution is 2.20. The maximum absolute atomic E-state index is 4.64. The zero-order chi connectivity index (χ0) is 16.1. The van der Waals surface area contributed by atoms with Crippen LogP contribution in [-0.4, -0.2) is 17.4 Å². The summed E-state index contributed by atoms with van der Waals surface area (Å²) < 4.78 is 1.90. The molecular weight excluding hydrogens is 322 g/mol. The van der Waals surface area contributed by atoms with Crippen LogP contribution in [0.4, 0.5) is 0 Å². The van der Waals surface area contributed by atoms with Crippen LogP contribution in [0.1, 0.15) is 10.4 Å². The molecule has 0 spiro atoms. The monoisotopic (exact) mass is 339 g/mol. The summed E-state index contributed by atoms with van der Waals surface area (Å²) in [7, 11) is 0. The predicted octanol–water partition coefficient (Wildman–Crippen LogP) is 4.56. The van der Waals surface area contributed by atoms with E-state index in [1.54, 1.807) is 28.7 Å². The average Bonchev–Trinajstić information content (AvgIpc) is 3.21. The van der Waals surface area contributed by atoms with E-state index in [0.717, 1.165) is 20.9 Å². The molecule has 3 nitrogen and oxygen atoms in total. The number of nitrogens with zero attached hydrogens (tertiary/aromatic N) is 3. The van der Waals surface area contributed by atoms with Crippen molar-refractivity contribution in [3.63, 3.8) is 0 Å². The third-order valence-corrected chi connectivity index (χ3v) is 4.89. The molecule has 0 saturated carbocycles. The van der Waals surface area contributed by atoms with Crippen molar-refractivity contribution in [2.75, 3.05) is 6.54 Å². The number of aromatic nitrogens is 1. The fraction of sp³-hybridized carbons (Fsp3) is 0.111. The Balaban J connectivity index is 2.07. The van der Waals surface area contributed by atoms with Crippen molar-refractivity contribution in [2.45, 2.75) is 6.92 Å². The molecule has 2 aromatic heterocycles. The molecular formula is C18H17N3S2. The zero-order valence-corrected chi connectivity index (χ0v) is 14.5. The Morgan fingerprint density at radius 2 is 2.00 bits per heavy atom. The summed E-state index contributed by atoms with van der Waals surface area (Å²) >= 11 is 3.26. The third-order valence-electron chi connectivity index (χ3n) is 3.23. The molecule has 0 aliphatic heterocycles. The molecule has 0 amide bonds. The van der Waals surface area contributed by atoms with Gasteiger partial charge in [-0.1, -0.05) is 42.0 Å². The molecule has 0 fully saturated rings. The van der Waals surface area contributed by atoms with E-state index in [9.17, 15) is 0 Å². The number of rotatable bonds is 5. The van der Waals surface area contributed by atoms with Crippen molar-refractivity contribution in [3.8, 4) is 11.3 Å². The number of benzene rings is 1. The Bertz CT molecular complexity index is 866. The lowest BCUT2D eigenvalue weighted by atomic mass is 10.1. The normalized spacial score (nSPS) is 12.1. The highest BCUT2D eigenvalue weighted by Gasteiger charge is 2.07. The SMILES string of the molecule is C=CCN=c1scc(-c2ccc(C)cc2)n1N=Cc1cccs1. The van der Waals surface area contributed by atoms with Gasteiger partial charge in [-0.25, -0.2) is 4.68 Å². The molecule has 3 rings (SSSR count). The lowest BCUT2D eigenvalue weighted by molar-refractivity contribution is 0.841. The number of thiazole rings is 1. The van der Waals surface area contributed by atoms with Gasteiger partial charge >= 0.3 is 0 Å². The molecule has 116 valence electrons. The van der Waals surface area contributed by atoms with E-state index in [-0.39, 0.29) is 0 Å². The van der Waals surface area contributed by atoms with Gasteiger partial charge in [-0.2, -0.15) is 5.10 Å². The van der Waals surface area contributed by atoms with Crippen molar-refractivity contribution >= 4 is 28.9 Å². The molecule has 2 heterocycles. The molecule has 0 aliphatic rings. The second-order valence-corrected chi connectivity index (χ2v) is 6.79. The van der Waals surface area contributed by atoms with Crippen LogP contribution in [0.15, 0.2) is 69.9 Å². The van der Waals surface area contributed by atoms with Gasteiger partial charge in [-0.15, -0.1) is 29.3 Å². The highest BCUT2D eigenvalue weighted by atomic mass is 32.1. The predicted molar refractivity (Wildman–Crippen MR) is 100 cm³/mol. The highest BCUT2D eigenvalue weighted by molar-refractivity contribution is 7.11. The Hall–Kier alpha value is -2.24. The summed E-state index contributed by atoms with van der Waals surface area (Å²) in [4.78, 5) is 6.53. The van der Waals surface area contributed by atoms with E-state index in [0.29, 0.717) is 6.54 Å². The van der Waals surface area contributed by atoms with Crippen LogP contribution in [0.3, 0.4) is 0 Å². The largest absolute Gasteiger partial charge is 0.253 e. The molecule has 0 unspecified atom stereocenters. The van der Waals surface area contributed by atoms with Gasteiger partial charge in [0.1, 0.15) is 0 Å². The molecule has 0 N–H and O–H groups in total. The van der Waals surface area contributed by atoms with Gasteiger partial charge < -0.3 is 0 Å². The lowest BCUT2D eigenvalue weighted by Gasteiger charge is -2.03. The van der Waals surface area contributed by atoms with E-state index in [1.807, 2.05) is 28.4 Å². The van der Waals surface area contributed by atoms with Gasteiger partial charge in [0.25, 0.3) is 0 Å². The van der Waals surface area contributed by atoms with Crippen LogP contribution < -0.4 is 4.80 Å². The van der Waals surface area contributed by atoms with E-state index < -0.39 is 0 Å². The Morgan fingerprint density at radius 3 is 2.70 bits per heavy atom. The summed E-state index contributed by atoms with van der Waals surface area (Å²) in [5.41, 5.74) is 3.43. The molecule has 3 aromatic rings. The molecule has 0 atom stereocenters. The first-order chi connectivity index (χ1) is 11.3. The van der Waals surface area contributed by atoms with Crippen molar-refractivity contribution in [1.82, 2.24) is 4.68 Å². The maximum Gasteiger partial charge on any atom is 0.206 e. The maximum atomic E-state index is 4.64. The summed E-state index contributed by atoms with van der Waals surface area (Å²) in [5.74, 6) is 0. The second kappa shape index (κ2) is 7.35. The number of hydrogen-bond acceptors (Lipinski definition) is 4. The quantitative estimate of drug-likeness (QED) is 0.482. The Labute approximate surface area is 143 Å². The van der Waals surface area contributed by atoms with Crippen LogP contribution in [0.2, 0.25) is 0 Å². The smallest absolute Gasteiger partial charge is 0.206 e. The van der Waals surface area contributed by atoms with Crippen molar-refractivity contribution in [3.05, 3.63) is 75.1 Å². The first kappa shape index (κ1) is 15.6. The van der Waals surface area contributed by atoms with Crippen LogP contribution >= 0.6 is 22.7 Å². The molecule has 5 heteroatoms. The zero-order valence-electron chi connectivity index (χ0n) is 12.8. The third kappa shape index (κ3) is 3.75. The first-order valence-electron chi connectivity index (χ1n) is 7.25. The van der Waals surface area contributed by atoms with Crippen LogP contribution in [0.5, 0.6) is 0 Å². The summed E-state index contributed by atoms with van der Waals surface area (Å²) in [5, 5.41) is 8.79. The van der Waals surface area contributed by atoms with Gasteiger partial charge in [0, 0.05) is 15.8 Å². The second-order valence-electron chi connectivity index (χ2n) is 4.97. The Kier molecular flexibility index (Phi) is 5.00. The van der Waals surface area contributed by atoms with E-state index in [1.165, 1.54) is 5.56 Å². The average molecular weight is 339 g/mol. The van der Waals surface area contributed by atoms with Gasteiger partial charge in [-0.3, -0.25) is 4.99 Å². The number of aryl methyl sites for hydroxylation is 1. The van der Waals surface area contributed by atoms with Crippen molar-refractivity contribution < 1.29 is 0 Å². The summed E-state index contributed by atoms with van der Waals surface area (Å²) in [6.45, 7) is 6.41. The van der Waals surface area contributed by atoms with Gasteiger partial charge in [-0.05, 0) is 18.4 Å². The van der Waals surface area contributed by atoms with E-state index >= 15 is 0 Å². The lowest BCUT2D eigenvalue weighted by Crippen LogP contribution is -2.12. The molecule has 0 saturated heterocycles. The van der Waals surface area contributed by atoms with Gasteiger partial charge in [0.05, 0.1) is 18.5 Å². The van der Waals surface area contributed by atoms with Crippen molar-refractivity contribution in [1.29, 1.82) is 0 Å².